The highest BCUT2D eigenvalue weighted by Gasteiger charge is 2.36. The van der Waals surface area contributed by atoms with Gasteiger partial charge in [0.15, 0.2) is 17.3 Å². The van der Waals surface area contributed by atoms with E-state index in [2.05, 4.69) is 10.1 Å². The zero-order valence-corrected chi connectivity index (χ0v) is 17.3. The molecular formula is C22H22N4O5. The number of carbonyl (C=O) groups is 1. The van der Waals surface area contributed by atoms with Crippen LogP contribution in [-0.2, 0) is 6.54 Å². The lowest BCUT2D eigenvalue weighted by Gasteiger charge is -2.23. The van der Waals surface area contributed by atoms with Crippen LogP contribution in [0.2, 0.25) is 0 Å². The third kappa shape index (κ3) is 3.45. The van der Waals surface area contributed by atoms with Gasteiger partial charge in [0.05, 0.1) is 6.54 Å². The molecule has 0 radical (unpaired) electrons. The molecule has 0 bridgehead atoms. The average Bonchev–Trinajstić information content (AvgIpc) is 3.49. The van der Waals surface area contributed by atoms with Gasteiger partial charge in [-0.05, 0) is 56.0 Å². The van der Waals surface area contributed by atoms with E-state index < -0.39 is 0 Å². The predicted molar refractivity (Wildman–Crippen MR) is 109 cm³/mol. The third-order valence-electron chi connectivity index (χ3n) is 5.72. The highest BCUT2D eigenvalue weighted by molar-refractivity contribution is 5.95. The molecule has 2 aromatic heterocycles. The molecule has 1 saturated heterocycles. The summed E-state index contributed by atoms with van der Waals surface area (Å²) in [5.41, 5.74) is 1.37. The molecule has 3 aromatic rings. The first-order valence-electron chi connectivity index (χ1n) is 10.2. The molecule has 1 atom stereocenters. The number of hydrogen-bond acceptors (Lipinski definition) is 7. The summed E-state index contributed by atoms with van der Waals surface area (Å²) in [4.78, 5) is 32.7. The van der Waals surface area contributed by atoms with E-state index in [1.165, 1.54) is 0 Å². The van der Waals surface area contributed by atoms with E-state index in [9.17, 15) is 9.59 Å². The van der Waals surface area contributed by atoms with Crippen molar-refractivity contribution in [3.05, 3.63) is 69.2 Å². The smallest absolute Gasteiger partial charge is 0.263 e. The van der Waals surface area contributed by atoms with Crippen molar-refractivity contribution >= 4 is 5.91 Å². The molecule has 9 nitrogen and oxygen atoms in total. The quantitative estimate of drug-likeness (QED) is 0.637. The monoisotopic (exact) mass is 422 g/mol. The molecule has 0 aliphatic carbocycles. The Morgan fingerprint density at radius 3 is 2.84 bits per heavy atom. The summed E-state index contributed by atoms with van der Waals surface area (Å²) in [7, 11) is 0. The Kier molecular flexibility index (Phi) is 4.72. The van der Waals surface area contributed by atoms with Crippen molar-refractivity contribution < 1.29 is 18.8 Å². The van der Waals surface area contributed by atoms with Gasteiger partial charge in [-0.2, -0.15) is 4.98 Å². The number of carbonyl (C=O) groups excluding carboxylic acids is 1. The van der Waals surface area contributed by atoms with Gasteiger partial charge in [-0.25, -0.2) is 0 Å². The number of aromatic nitrogens is 3. The molecule has 0 saturated carbocycles. The Balaban J connectivity index is 1.45. The van der Waals surface area contributed by atoms with Crippen LogP contribution in [0.3, 0.4) is 0 Å². The Morgan fingerprint density at radius 1 is 1.19 bits per heavy atom. The van der Waals surface area contributed by atoms with Crippen LogP contribution in [0.1, 0.15) is 52.1 Å². The first-order valence-corrected chi connectivity index (χ1v) is 10.2. The molecule has 160 valence electrons. The fourth-order valence-electron chi connectivity index (χ4n) is 4.14. The van der Waals surface area contributed by atoms with Gasteiger partial charge in [-0.15, -0.1) is 0 Å². The average molecular weight is 422 g/mol. The van der Waals surface area contributed by atoms with E-state index in [0.717, 1.165) is 18.4 Å². The van der Waals surface area contributed by atoms with Crippen molar-refractivity contribution in [2.75, 3.05) is 13.3 Å². The van der Waals surface area contributed by atoms with E-state index in [0.29, 0.717) is 41.9 Å². The topological polar surface area (TPSA) is 99.7 Å². The van der Waals surface area contributed by atoms with E-state index in [1.54, 1.807) is 35.6 Å². The van der Waals surface area contributed by atoms with Crippen LogP contribution in [0.4, 0.5) is 0 Å². The first-order chi connectivity index (χ1) is 15.0. The first kappa shape index (κ1) is 19.3. The van der Waals surface area contributed by atoms with Crippen LogP contribution in [0.15, 0.2) is 39.8 Å². The molecule has 1 unspecified atom stereocenters. The number of benzene rings is 1. The van der Waals surface area contributed by atoms with Crippen molar-refractivity contribution in [2.45, 2.75) is 39.3 Å². The molecule has 0 N–H and O–H groups in total. The standard InChI is InChI=1S/C22H22N4O5/c1-13-7-9-25(11-15-5-6-17-18(10-15)30-12-29-17)21(27)19(13)22(28)26-8-3-4-16(26)20-23-14(2)24-31-20/h5-7,9-10,16H,3-4,8,11-12H2,1-2H3. The van der Waals surface area contributed by atoms with Crippen molar-refractivity contribution in [3.63, 3.8) is 0 Å². The molecule has 2 aliphatic rings. The molecular weight excluding hydrogens is 400 g/mol. The summed E-state index contributed by atoms with van der Waals surface area (Å²) in [6.45, 7) is 4.58. The SMILES string of the molecule is Cc1noc(C2CCCN2C(=O)c2c(C)ccn(Cc3ccc4c(c3)OCO4)c2=O)n1. The highest BCUT2D eigenvalue weighted by Crippen LogP contribution is 2.33. The molecule has 5 rings (SSSR count). The predicted octanol–water partition coefficient (Wildman–Crippen LogP) is 2.60. The van der Waals surface area contributed by atoms with Crippen LogP contribution < -0.4 is 15.0 Å². The molecule has 9 heteroatoms. The van der Waals surface area contributed by atoms with Gasteiger partial charge in [0, 0.05) is 12.7 Å². The van der Waals surface area contributed by atoms with Gasteiger partial charge < -0.3 is 23.5 Å². The van der Waals surface area contributed by atoms with Gasteiger partial charge in [-0.3, -0.25) is 9.59 Å². The maximum absolute atomic E-state index is 13.4. The van der Waals surface area contributed by atoms with Crippen molar-refractivity contribution in [1.29, 1.82) is 0 Å². The van der Waals surface area contributed by atoms with E-state index in [4.69, 9.17) is 14.0 Å². The highest BCUT2D eigenvalue weighted by atomic mass is 16.7. The number of pyridine rings is 1. The van der Waals surface area contributed by atoms with Crippen molar-refractivity contribution in [3.8, 4) is 11.5 Å². The van der Waals surface area contributed by atoms with Gasteiger partial charge in [-0.1, -0.05) is 11.2 Å². The minimum Gasteiger partial charge on any atom is -0.454 e. The molecule has 31 heavy (non-hydrogen) atoms. The number of nitrogens with zero attached hydrogens (tertiary/aromatic N) is 4. The summed E-state index contributed by atoms with van der Waals surface area (Å²) < 4.78 is 17.6. The maximum Gasteiger partial charge on any atom is 0.263 e. The van der Waals surface area contributed by atoms with Crippen LogP contribution in [0.5, 0.6) is 11.5 Å². The minimum absolute atomic E-state index is 0.173. The number of fused-ring (bicyclic) bond motifs is 1. The zero-order chi connectivity index (χ0) is 21.5. The summed E-state index contributed by atoms with van der Waals surface area (Å²) in [6.07, 6.45) is 3.25. The van der Waals surface area contributed by atoms with Gasteiger partial charge in [0.1, 0.15) is 11.6 Å². The van der Waals surface area contributed by atoms with E-state index in [1.807, 2.05) is 18.2 Å². The zero-order valence-electron chi connectivity index (χ0n) is 17.3. The maximum atomic E-state index is 13.4. The molecule has 2 aliphatic heterocycles. The lowest BCUT2D eigenvalue weighted by Crippen LogP contribution is -2.37. The van der Waals surface area contributed by atoms with Crippen molar-refractivity contribution in [1.82, 2.24) is 19.6 Å². The fourth-order valence-corrected chi connectivity index (χ4v) is 4.14. The Hall–Kier alpha value is -3.62. The van der Waals surface area contributed by atoms with Crippen molar-refractivity contribution in [2.24, 2.45) is 0 Å². The molecule has 0 spiro atoms. The largest absolute Gasteiger partial charge is 0.454 e. The van der Waals surface area contributed by atoms with Gasteiger partial charge >= 0.3 is 0 Å². The fraction of sp³-hybridized carbons (Fsp3) is 0.364. The molecule has 1 aromatic carbocycles. The van der Waals surface area contributed by atoms with Crippen LogP contribution in [0.25, 0.3) is 0 Å². The number of aryl methyl sites for hydroxylation is 2. The Morgan fingerprint density at radius 2 is 2.03 bits per heavy atom. The lowest BCUT2D eigenvalue weighted by molar-refractivity contribution is 0.0706. The Bertz CT molecular complexity index is 1210. The molecule has 4 heterocycles. The number of rotatable bonds is 4. The third-order valence-corrected chi connectivity index (χ3v) is 5.72. The normalized spacial score (nSPS) is 17.4. The van der Waals surface area contributed by atoms with Crippen LogP contribution >= 0.6 is 0 Å². The Labute approximate surface area is 178 Å². The van der Waals surface area contributed by atoms with E-state index in [-0.39, 0.29) is 29.9 Å². The number of hydrogen-bond donors (Lipinski definition) is 0. The minimum atomic E-state index is -0.324. The number of ether oxygens (including phenoxy) is 2. The second-order valence-corrected chi connectivity index (χ2v) is 7.83. The molecule has 1 amide bonds. The summed E-state index contributed by atoms with van der Waals surface area (Å²) in [5, 5.41) is 3.84. The second-order valence-electron chi connectivity index (χ2n) is 7.83. The van der Waals surface area contributed by atoms with Crippen LogP contribution in [0, 0.1) is 13.8 Å². The lowest BCUT2D eigenvalue weighted by atomic mass is 10.1. The second kappa shape index (κ2) is 7.57. The van der Waals surface area contributed by atoms with Crippen LogP contribution in [-0.4, -0.2) is 38.9 Å². The van der Waals surface area contributed by atoms with E-state index >= 15 is 0 Å². The van der Waals surface area contributed by atoms with Gasteiger partial charge in [0.25, 0.3) is 11.5 Å². The summed E-state index contributed by atoms with van der Waals surface area (Å²) in [6, 6.07) is 7.04. The molecule has 1 fully saturated rings. The summed E-state index contributed by atoms with van der Waals surface area (Å²) in [5.74, 6) is 1.98. The summed E-state index contributed by atoms with van der Waals surface area (Å²) >= 11 is 0. The number of amides is 1. The number of likely N-dealkylation sites (tertiary alicyclic amines) is 1. The van der Waals surface area contributed by atoms with Gasteiger partial charge in [0.2, 0.25) is 12.7 Å².